The van der Waals surface area contributed by atoms with Crippen molar-refractivity contribution in [3.63, 3.8) is 0 Å². The topological polar surface area (TPSA) is 55.8 Å². The van der Waals surface area contributed by atoms with E-state index in [-0.39, 0.29) is 6.79 Å². The molecule has 0 saturated carbocycles. The number of ether oxygens (including phenoxy) is 2. The Morgan fingerprint density at radius 3 is 2.52 bits per heavy atom. The Kier molecular flexibility index (Phi) is 5.79. The number of carboxylic acids is 1. The van der Waals surface area contributed by atoms with Gasteiger partial charge in [-0.1, -0.05) is 35.4 Å². The molecule has 23 heavy (non-hydrogen) atoms. The number of hydrogen-bond donors (Lipinski definition) is 1. The van der Waals surface area contributed by atoms with Crippen molar-refractivity contribution in [2.45, 2.75) is 6.92 Å². The van der Waals surface area contributed by atoms with Gasteiger partial charge in [0.1, 0.15) is 5.75 Å². The normalized spacial score (nSPS) is 11.3. The van der Waals surface area contributed by atoms with Crippen LogP contribution in [0.5, 0.6) is 5.75 Å². The maximum atomic E-state index is 11.3. The SMILES string of the molecule is COCOc1ccc(C)cc1/C(=C/C(=O)O)c1ccc(Cl)cc1. The van der Waals surface area contributed by atoms with Crippen molar-refractivity contribution in [1.82, 2.24) is 0 Å². The lowest BCUT2D eigenvalue weighted by Crippen LogP contribution is -2.03. The number of hydrogen-bond acceptors (Lipinski definition) is 3. The van der Waals surface area contributed by atoms with E-state index in [4.69, 9.17) is 21.1 Å². The Bertz CT molecular complexity index is 720. The van der Waals surface area contributed by atoms with Gasteiger partial charge in [-0.05, 0) is 42.3 Å². The molecule has 0 unspecified atom stereocenters. The molecular weight excluding hydrogens is 316 g/mol. The van der Waals surface area contributed by atoms with Gasteiger partial charge in [0.05, 0.1) is 0 Å². The van der Waals surface area contributed by atoms with Crippen LogP contribution in [0.3, 0.4) is 0 Å². The zero-order chi connectivity index (χ0) is 16.8. The van der Waals surface area contributed by atoms with Crippen LogP contribution in [0.4, 0.5) is 0 Å². The lowest BCUT2D eigenvalue weighted by Gasteiger charge is -2.15. The van der Waals surface area contributed by atoms with Crippen molar-refractivity contribution in [2.75, 3.05) is 13.9 Å². The fourth-order valence-electron chi connectivity index (χ4n) is 2.17. The minimum Gasteiger partial charge on any atom is -0.478 e. The molecule has 120 valence electrons. The minimum absolute atomic E-state index is 0.0804. The number of carboxylic acid groups (broad SMARTS) is 1. The van der Waals surface area contributed by atoms with Crippen molar-refractivity contribution in [1.29, 1.82) is 0 Å². The molecule has 0 bridgehead atoms. The van der Waals surface area contributed by atoms with Gasteiger partial charge >= 0.3 is 5.97 Å². The predicted octanol–water partition coefficient (Wildman–Crippen LogP) is 4.15. The maximum absolute atomic E-state index is 11.3. The van der Waals surface area contributed by atoms with Gasteiger partial charge in [-0.25, -0.2) is 4.79 Å². The molecule has 2 aromatic carbocycles. The minimum atomic E-state index is -1.03. The Balaban J connectivity index is 2.57. The molecule has 0 aromatic heterocycles. The average Bonchev–Trinajstić information content (AvgIpc) is 2.52. The van der Waals surface area contributed by atoms with E-state index in [9.17, 15) is 9.90 Å². The van der Waals surface area contributed by atoms with Crippen molar-refractivity contribution in [3.8, 4) is 5.75 Å². The highest BCUT2D eigenvalue weighted by molar-refractivity contribution is 6.30. The lowest BCUT2D eigenvalue weighted by molar-refractivity contribution is -0.131. The molecule has 2 aromatic rings. The van der Waals surface area contributed by atoms with E-state index < -0.39 is 5.97 Å². The summed E-state index contributed by atoms with van der Waals surface area (Å²) in [6, 6.07) is 12.6. The second-order valence-electron chi connectivity index (χ2n) is 4.95. The molecule has 5 heteroatoms. The summed E-state index contributed by atoms with van der Waals surface area (Å²) in [6.45, 7) is 2.01. The molecule has 0 aliphatic carbocycles. The van der Waals surface area contributed by atoms with Crippen LogP contribution in [0.2, 0.25) is 5.02 Å². The monoisotopic (exact) mass is 332 g/mol. The summed E-state index contributed by atoms with van der Waals surface area (Å²) in [5, 5.41) is 9.82. The summed E-state index contributed by atoms with van der Waals surface area (Å²) in [6.07, 6.45) is 1.16. The van der Waals surface area contributed by atoms with Gasteiger partial charge in [0.25, 0.3) is 0 Å². The summed E-state index contributed by atoms with van der Waals surface area (Å²) < 4.78 is 10.5. The predicted molar refractivity (Wildman–Crippen MR) is 89.8 cm³/mol. The summed E-state index contributed by atoms with van der Waals surface area (Å²) in [7, 11) is 1.53. The van der Waals surface area contributed by atoms with Crippen molar-refractivity contribution in [2.24, 2.45) is 0 Å². The third-order valence-electron chi connectivity index (χ3n) is 3.18. The highest BCUT2D eigenvalue weighted by Crippen LogP contribution is 2.32. The van der Waals surface area contributed by atoms with Gasteiger partial charge in [-0.3, -0.25) is 0 Å². The molecule has 0 saturated heterocycles. The standard InChI is InChI=1S/C18H17ClO4/c1-12-3-8-17(23-11-22-2)16(9-12)15(10-18(20)21)13-4-6-14(19)7-5-13/h3-10H,11H2,1-2H3,(H,20,21)/b15-10+. The lowest BCUT2D eigenvalue weighted by atomic mass is 9.95. The Morgan fingerprint density at radius 2 is 1.91 bits per heavy atom. The zero-order valence-electron chi connectivity index (χ0n) is 12.9. The molecule has 0 fully saturated rings. The molecule has 0 amide bonds. The fraction of sp³-hybridized carbons (Fsp3) is 0.167. The molecule has 0 atom stereocenters. The van der Waals surface area contributed by atoms with Crippen LogP contribution in [0.15, 0.2) is 48.5 Å². The first-order valence-electron chi connectivity index (χ1n) is 6.94. The van der Waals surface area contributed by atoms with Gasteiger partial charge < -0.3 is 14.6 Å². The number of rotatable bonds is 6. The van der Waals surface area contributed by atoms with Crippen molar-refractivity contribution >= 4 is 23.1 Å². The Morgan fingerprint density at radius 1 is 1.22 bits per heavy atom. The second-order valence-corrected chi connectivity index (χ2v) is 5.39. The maximum Gasteiger partial charge on any atom is 0.328 e. The van der Waals surface area contributed by atoms with Gasteiger partial charge in [0.15, 0.2) is 6.79 Å². The van der Waals surface area contributed by atoms with Crippen LogP contribution >= 0.6 is 11.6 Å². The Hall–Kier alpha value is -2.30. The fourth-order valence-corrected chi connectivity index (χ4v) is 2.30. The van der Waals surface area contributed by atoms with E-state index in [1.807, 2.05) is 19.1 Å². The average molecular weight is 333 g/mol. The Labute approximate surface area is 139 Å². The third-order valence-corrected chi connectivity index (χ3v) is 3.43. The first-order valence-corrected chi connectivity index (χ1v) is 7.32. The van der Waals surface area contributed by atoms with E-state index >= 15 is 0 Å². The van der Waals surface area contributed by atoms with E-state index in [1.54, 1.807) is 30.3 Å². The van der Waals surface area contributed by atoms with Crippen LogP contribution in [0.1, 0.15) is 16.7 Å². The van der Waals surface area contributed by atoms with Gasteiger partial charge in [-0.15, -0.1) is 0 Å². The van der Waals surface area contributed by atoms with E-state index in [2.05, 4.69) is 0 Å². The van der Waals surface area contributed by atoms with Crippen LogP contribution in [-0.4, -0.2) is 25.0 Å². The van der Waals surface area contributed by atoms with Crippen molar-refractivity contribution in [3.05, 3.63) is 70.3 Å². The molecular formula is C18H17ClO4. The summed E-state index contributed by atoms with van der Waals surface area (Å²) >= 11 is 5.92. The third kappa shape index (κ3) is 4.58. The largest absolute Gasteiger partial charge is 0.478 e. The van der Waals surface area contributed by atoms with Gasteiger partial charge in [-0.2, -0.15) is 0 Å². The number of aryl methyl sites for hydroxylation is 1. The van der Waals surface area contributed by atoms with Crippen LogP contribution in [0.25, 0.3) is 5.57 Å². The molecule has 0 aliphatic rings. The number of methoxy groups -OCH3 is 1. The first-order chi connectivity index (χ1) is 11.0. The zero-order valence-corrected chi connectivity index (χ0v) is 13.6. The molecule has 4 nitrogen and oxygen atoms in total. The highest BCUT2D eigenvalue weighted by Gasteiger charge is 2.13. The van der Waals surface area contributed by atoms with Crippen LogP contribution < -0.4 is 4.74 Å². The smallest absolute Gasteiger partial charge is 0.328 e. The van der Waals surface area contributed by atoms with Gasteiger partial charge in [0, 0.05) is 23.8 Å². The molecule has 0 heterocycles. The van der Waals surface area contributed by atoms with Crippen LogP contribution in [0, 0.1) is 6.92 Å². The number of benzene rings is 2. The number of aliphatic carboxylic acids is 1. The number of halogens is 1. The summed E-state index contributed by atoms with van der Waals surface area (Å²) in [5.74, 6) is -0.478. The summed E-state index contributed by atoms with van der Waals surface area (Å²) in [4.78, 5) is 11.3. The van der Waals surface area contributed by atoms with E-state index in [0.29, 0.717) is 21.9 Å². The highest BCUT2D eigenvalue weighted by atomic mass is 35.5. The number of carbonyl (C=O) groups is 1. The molecule has 0 aliphatic heterocycles. The first kappa shape index (κ1) is 17.1. The van der Waals surface area contributed by atoms with Gasteiger partial charge in [0.2, 0.25) is 0 Å². The quantitative estimate of drug-likeness (QED) is 0.638. The molecule has 0 spiro atoms. The molecule has 0 radical (unpaired) electrons. The molecule has 2 rings (SSSR count). The molecule has 1 N–H and O–H groups in total. The van der Waals surface area contributed by atoms with Crippen LogP contribution in [-0.2, 0) is 9.53 Å². The van der Waals surface area contributed by atoms with E-state index in [0.717, 1.165) is 17.2 Å². The van der Waals surface area contributed by atoms with E-state index in [1.165, 1.54) is 7.11 Å². The van der Waals surface area contributed by atoms with Crippen molar-refractivity contribution < 1.29 is 19.4 Å². The second kappa shape index (κ2) is 7.81. The summed E-state index contributed by atoms with van der Waals surface area (Å²) in [5.41, 5.74) is 2.97.